The number of rotatable bonds is 4. The lowest BCUT2D eigenvalue weighted by molar-refractivity contribution is -0.145. The van der Waals surface area contributed by atoms with Crippen molar-refractivity contribution in [3.05, 3.63) is 35.4 Å². The van der Waals surface area contributed by atoms with Crippen LogP contribution in [0.3, 0.4) is 0 Å². The van der Waals surface area contributed by atoms with Gasteiger partial charge in [-0.05, 0) is 43.6 Å². The summed E-state index contributed by atoms with van der Waals surface area (Å²) in [6.45, 7) is 5.90. The summed E-state index contributed by atoms with van der Waals surface area (Å²) in [4.78, 5) is 29.1. The first-order chi connectivity index (χ1) is 12.6. The van der Waals surface area contributed by atoms with Crippen LogP contribution in [0, 0.1) is 18.8 Å². The van der Waals surface area contributed by atoms with E-state index in [4.69, 9.17) is 0 Å². The molecule has 2 bridgehead atoms. The van der Waals surface area contributed by atoms with Gasteiger partial charge in [0.25, 0.3) is 0 Å². The zero-order chi connectivity index (χ0) is 18.1. The van der Waals surface area contributed by atoms with Crippen LogP contribution in [0.4, 0.5) is 0 Å². The van der Waals surface area contributed by atoms with Gasteiger partial charge in [0.15, 0.2) is 0 Å². The zero-order valence-corrected chi connectivity index (χ0v) is 15.6. The average Bonchev–Trinajstić information content (AvgIpc) is 2.61. The minimum atomic E-state index is 0.100. The van der Waals surface area contributed by atoms with Crippen LogP contribution in [0.2, 0.25) is 0 Å². The number of aryl methyl sites for hydroxylation is 1. The molecule has 0 radical (unpaired) electrons. The molecule has 3 heterocycles. The summed E-state index contributed by atoms with van der Waals surface area (Å²) in [5.41, 5.74) is 2.36. The standard InChI is InChI=1S/C21H29N3O2/c1-15-4-2-5-16(8-15)10-22-20(25)14-23-11-17-9-18(13-23)19-6-3-7-21(26)24(19)12-17/h2,4-5,8,17-19H,3,6-7,9-14H2,1H3,(H,22,25)/t17-,18-,19-/m1/s1. The number of piperidine rings is 3. The molecule has 26 heavy (non-hydrogen) atoms. The highest BCUT2D eigenvalue weighted by Gasteiger charge is 2.43. The third kappa shape index (κ3) is 3.78. The van der Waals surface area contributed by atoms with Gasteiger partial charge in [-0.3, -0.25) is 14.5 Å². The first-order valence-electron chi connectivity index (χ1n) is 9.92. The molecular weight excluding hydrogens is 326 g/mol. The van der Waals surface area contributed by atoms with E-state index < -0.39 is 0 Å². The highest BCUT2D eigenvalue weighted by Crippen LogP contribution is 2.37. The zero-order valence-electron chi connectivity index (χ0n) is 15.6. The van der Waals surface area contributed by atoms with E-state index in [0.29, 0.717) is 36.9 Å². The maximum Gasteiger partial charge on any atom is 0.234 e. The largest absolute Gasteiger partial charge is 0.351 e. The Balaban J connectivity index is 1.31. The number of benzene rings is 1. The fourth-order valence-corrected chi connectivity index (χ4v) is 5.12. The van der Waals surface area contributed by atoms with Gasteiger partial charge in [-0.2, -0.15) is 0 Å². The highest BCUT2D eigenvalue weighted by molar-refractivity contribution is 5.78. The number of nitrogens with zero attached hydrogens (tertiary/aromatic N) is 2. The third-order valence-corrected chi connectivity index (χ3v) is 6.19. The SMILES string of the molecule is Cc1cccc(CNC(=O)CN2C[C@H]3C[C@H](C2)[C@H]2CCCC(=O)N2C3)c1. The third-order valence-electron chi connectivity index (χ3n) is 6.19. The van der Waals surface area contributed by atoms with Crippen LogP contribution >= 0.6 is 0 Å². The summed E-state index contributed by atoms with van der Waals surface area (Å²) >= 11 is 0. The number of carbonyl (C=O) groups excluding carboxylic acids is 2. The fourth-order valence-electron chi connectivity index (χ4n) is 5.12. The molecule has 1 aromatic carbocycles. The predicted molar refractivity (Wildman–Crippen MR) is 100 cm³/mol. The van der Waals surface area contributed by atoms with Crippen molar-refractivity contribution < 1.29 is 9.59 Å². The van der Waals surface area contributed by atoms with Crippen molar-refractivity contribution in [2.24, 2.45) is 11.8 Å². The molecule has 4 rings (SSSR count). The molecule has 3 aliphatic heterocycles. The second-order valence-corrected chi connectivity index (χ2v) is 8.33. The van der Waals surface area contributed by atoms with Crippen molar-refractivity contribution in [1.82, 2.24) is 15.1 Å². The quantitative estimate of drug-likeness (QED) is 0.898. The number of nitrogens with one attached hydrogen (secondary N) is 1. The van der Waals surface area contributed by atoms with Crippen LogP contribution in [-0.4, -0.2) is 53.8 Å². The van der Waals surface area contributed by atoms with Gasteiger partial charge in [-0.15, -0.1) is 0 Å². The van der Waals surface area contributed by atoms with E-state index >= 15 is 0 Å². The lowest BCUT2D eigenvalue weighted by Crippen LogP contribution is -2.61. The molecule has 2 amide bonds. The fraction of sp³-hybridized carbons (Fsp3) is 0.619. The molecule has 3 atom stereocenters. The van der Waals surface area contributed by atoms with Gasteiger partial charge in [-0.1, -0.05) is 29.8 Å². The summed E-state index contributed by atoms with van der Waals surface area (Å²) in [5.74, 6) is 1.51. The molecule has 0 aromatic heterocycles. The van der Waals surface area contributed by atoms with Crippen molar-refractivity contribution >= 4 is 11.8 Å². The van der Waals surface area contributed by atoms with Crippen molar-refractivity contribution in [3.63, 3.8) is 0 Å². The molecule has 5 nitrogen and oxygen atoms in total. The summed E-state index contributed by atoms with van der Waals surface area (Å²) < 4.78 is 0. The van der Waals surface area contributed by atoms with E-state index in [1.807, 2.05) is 12.1 Å². The van der Waals surface area contributed by atoms with Gasteiger partial charge in [0.2, 0.25) is 11.8 Å². The Kier molecular flexibility index (Phi) is 4.98. The summed E-state index contributed by atoms with van der Waals surface area (Å²) in [6.07, 6.45) is 4.10. The lowest BCUT2D eigenvalue weighted by atomic mass is 9.76. The molecule has 0 spiro atoms. The normalized spacial score (nSPS) is 28.6. The molecule has 5 heteroatoms. The first kappa shape index (κ1) is 17.5. The van der Waals surface area contributed by atoms with Crippen LogP contribution in [-0.2, 0) is 16.1 Å². The van der Waals surface area contributed by atoms with Gasteiger partial charge < -0.3 is 10.2 Å². The van der Waals surface area contributed by atoms with Crippen LogP contribution in [0.1, 0.15) is 36.8 Å². The number of fused-ring (bicyclic) bond motifs is 4. The Hall–Kier alpha value is -1.88. The second-order valence-electron chi connectivity index (χ2n) is 8.33. The van der Waals surface area contributed by atoms with Crippen molar-refractivity contribution in [2.45, 2.75) is 45.2 Å². The van der Waals surface area contributed by atoms with Gasteiger partial charge >= 0.3 is 0 Å². The Morgan fingerprint density at radius 2 is 2.15 bits per heavy atom. The van der Waals surface area contributed by atoms with Crippen LogP contribution < -0.4 is 5.32 Å². The summed E-state index contributed by atoms with van der Waals surface area (Å²) in [6, 6.07) is 8.66. The van der Waals surface area contributed by atoms with E-state index in [9.17, 15) is 9.59 Å². The van der Waals surface area contributed by atoms with Crippen molar-refractivity contribution in [1.29, 1.82) is 0 Å². The van der Waals surface area contributed by atoms with E-state index in [0.717, 1.165) is 44.5 Å². The van der Waals surface area contributed by atoms with Crippen LogP contribution in [0.25, 0.3) is 0 Å². The molecule has 3 aliphatic rings. The summed E-state index contributed by atoms with van der Waals surface area (Å²) in [5, 5.41) is 3.06. The number of carbonyl (C=O) groups is 2. The van der Waals surface area contributed by atoms with Gasteiger partial charge in [0.1, 0.15) is 0 Å². The minimum Gasteiger partial charge on any atom is -0.351 e. The first-order valence-corrected chi connectivity index (χ1v) is 9.92. The maximum atomic E-state index is 12.4. The Morgan fingerprint density at radius 1 is 1.27 bits per heavy atom. The molecular formula is C21H29N3O2. The smallest absolute Gasteiger partial charge is 0.234 e. The Morgan fingerprint density at radius 3 is 3.00 bits per heavy atom. The summed E-state index contributed by atoms with van der Waals surface area (Å²) in [7, 11) is 0. The predicted octanol–water partition coefficient (Wildman–Crippen LogP) is 1.94. The van der Waals surface area contributed by atoms with E-state index in [2.05, 4.69) is 34.2 Å². The van der Waals surface area contributed by atoms with E-state index in [1.165, 1.54) is 12.0 Å². The molecule has 0 unspecified atom stereocenters. The van der Waals surface area contributed by atoms with Crippen LogP contribution in [0.15, 0.2) is 24.3 Å². The molecule has 1 N–H and O–H groups in total. The average molecular weight is 355 g/mol. The van der Waals surface area contributed by atoms with Gasteiger partial charge in [0, 0.05) is 38.6 Å². The van der Waals surface area contributed by atoms with E-state index in [-0.39, 0.29) is 5.91 Å². The van der Waals surface area contributed by atoms with Crippen molar-refractivity contribution in [3.8, 4) is 0 Å². The van der Waals surface area contributed by atoms with Gasteiger partial charge in [-0.25, -0.2) is 0 Å². The number of hydrogen-bond donors (Lipinski definition) is 1. The molecule has 1 aromatic rings. The topological polar surface area (TPSA) is 52.7 Å². The number of hydrogen-bond acceptors (Lipinski definition) is 3. The van der Waals surface area contributed by atoms with Gasteiger partial charge in [0.05, 0.1) is 6.54 Å². The van der Waals surface area contributed by atoms with Crippen molar-refractivity contribution in [2.75, 3.05) is 26.2 Å². The lowest BCUT2D eigenvalue weighted by Gasteiger charge is -2.52. The second kappa shape index (κ2) is 7.39. The monoisotopic (exact) mass is 355 g/mol. The number of likely N-dealkylation sites (tertiary alicyclic amines) is 1. The molecule has 0 saturated carbocycles. The number of amides is 2. The maximum absolute atomic E-state index is 12.4. The van der Waals surface area contributed by atoms with E-state index in [1.54, 1.807) is 0 Å². The Labute approximate surface area is 155 Å². The van der Waals surface area contributed by atoms with Crippen LogP contribution in [0.5, 0.6) is 0 Å². The molecule has 3 fully saturated rings. The highest BCUT2D eigenvalue weighted by atomic mass is 16.2. The Bertz CT molecular complexity index is 690. The minimum absolute atomic E-state index is 0.100. The molecule has 3 saturated heterocycles. The molecule has 140 valence electrons. The molecule has 0 aliphatic carbocycles.